The van der Waals surface area contributed by atoms with Gasteiger partial charge in [0.05, 0.1) is 0 Å². The van der Waals surface area contributed by atoms with Crippen molar-refractivity contribution in [3.05, 3.63) is 126 Å². The minimum atomic E-state index is -1.04. The SMILES string of the molecule is C1=CC2(Oc3ccc4ccccc4c31)Oc1ccc3ccccc3c1-c1c2ccc2ccccc12. The highest BCUT2D eigenvalue weighted by Gasteiger charge is 2.44. The van der Waals surface area contributed by atoms with Gasteiger partial charge in [-0.1, -0.05) is 91.0 Å². The van der Waals surface area contributed by atoms with Gasteiger partial charge < -0.3 is 9.47 Å². The number of hydrogen-bond donors (Lipinski definition) is 0. The van der Waals surface area contributed by atoms with Gasteiger partial charge in [0, 0.05) is 28.3 Å². The van der Waals surface area contributed by atoms with Gasteiger partial charge in [0.25, 0.3) is 5.79 Å². The summed E-state index contributed by atoms with van der Waals surface area (Å²) in [6.07, 6.45) is 4.24. The Hall–Kier alpha value is -4.56. The zero-order chi connectivity index (χ0) is 23.0. The lowest BCUT2D eigenvalue weighted by molar-refractivity contribution is -0.0802. The topological polar surface area (TPSA) is 18.5 Å². The Balaban J connectivity index is 1.44. The van der Waals surface area contributed by atoms with Crippen LogP contribution in [0.2, 0.25) is 0 Å². The molecule has 2 aliphatic heterocycles. The van der Waals surface area contributed by atoms with Gasteiger partial charge >= 0.3 is 0 Å². The number of ether oxygens (including phenoxy) is 2. The maximum absolute atomic E-state index is 6.80. The van der Waals surface area contributed by atoms with Crippen molar-refractivity contribution >= 4 is 38.4 Å². The van der Waals surface area contributed by atoms with Crippen LogP contribution >= 0.6 is 0 Å². The van der Waals surface area contributed by atoms with E-state index < -0.39 is 5.79 Å². The fraction of sp³-hybridized carbons (Fsp3) is 0.0303. The molecule has 0 aliphatic carbocycles. The van der Waals surface area contributed by atoms with Crippen LogP contribution in [-0.4, -0.2) is 0 Å². The molecule has 0 N–H and O–H groups in total. The summed E-state index contributed by atoms with van der Waals surface area (Å²) in [5.41, 5.74) is 4.41. The maximum Gasteiger partial charge on any atom is 0.299 e. The first kappa shape index (κ1) is 18.8. The van der Waals surface area contributed by atoms with Crippen LogP contribution in [0.15, 0.2) is 115 Å². The summed E-state index contributed by atoms with van der Waals surface area (Å²) >= 11 is 0. The molecule has 0 aromatic heterocycles. The fourth-order valence-corrected chi connectivity index (χ4v) is 5.77. The Morgan fingerprint density at radius 2 is 1.00 bits per heavy atom. The third-order valence-corrected chi connectivity index (χ3v) is 7.37. The van der Waals surface area contributed by atoms with Gasteiger partial charge in [-0.15, -0.1) is 0 Å². The van der Waals surface area contributed by atoms with E-state index >= 15 is 0 Å². The van der Waals surface area contributed by atoms with Crippen LogP contribution in [0.1, 0.15) is 11.1 Å². The molecule has 8 rings (SSSR count). The van der Waals surface area contributed by atoms with Crippen molar-refractivity contribution in [3.8, 4) is 22.6 Å². The molecule has 1 unspecified atom stereocenters. The molecule has 0 bridgehead atoms. The molecule has 0 fully saturated rings. The molecule has 2 nitrogen and oxygen atoms in total. The van der Waals surface area contributed by atoms with E-state index in [0.29, 0.717) is 0 Å². The monoisotopic (exact) mass is 448 g/mol. The third-order valence-electron chi connectivity index (χ3n) is 7.37. The summed E-state index contributed by atoms with van der Waals surface area (Å²) < 4.78 is 13.6. The second-order valence-corrected chi connectivity index (χ2v) is 9.27. The molecule has 0 amide bonds. The van der Waals surface area contributed by atoms with Gasteiger partial charge in [0.2, 0.25) is 0 Å². The van der Waals surface area contributed by atoms with E-state index in [0.717, 1.165) is 28.2 Å². The minimum absolute atomic E-state index is 0.828. The van der Waals surface area contributed by atoms with Crippen molar-refractivity contribution in [3.63, 3.8) is 0 Å². The molecule has 1 atom stereocenters. The van der Waals surface area contributed by atoms with Crippen LogP contribution in [0, 0.1) is 0 Å². The molecule has 2 heteroatoms. The van der Waals surface area contributed by atoms with Crippen LogP contribution in [0.5, 0.6) is 11.5 Å². The molecule has 6 aromatic carbocycles. The predicted molar refractivity (Wildman–Crippen MR) is 143 cm³/mol. The zero-order valence-electron chi connectivity index (χ0n) is 18.9. The van der Waals surface area contributed by atoms with Gasteiger partial charge in [-0.2, -0.15) is 0 Å². The van der Waals surface area contributed by atoms with E-state index in [1.807, 2.05) is 0 Å². The van der Waals surface area contributed by atoms with E-state index in [4.69, 9.17) is 9.47 Å². The average molecular weight is 449 g/mol. The molecule has 164 valence electrons. The summed E-state index contributed by atoms with van der Waals surface area (Å²) in [6, 6.07) is 38.2. The third kappa shape index (κ3) is 2.54. The van der Waals surface area contributed by atoms with E-state index in [2.05, 4.69) is 121 Å². The lowest BCUT2D eigenvalue weighted by Gasteiger charge is -2.40. The number of benzene rings is 6. The van der Waals surface area contributed by atoms with Gasteiger partial charge in [-0.05, 0) is 56.6 Å². The van der Waals surface area contributed by atoms with Crippen molar-refractivity contribution in [1.82, 2.24) is 0 Å². The van der Waals surface area contributed by atoms with Crippen LogP contribution in [0.4, 0.5) is 0 Å². The van der Waals surface area contributed by atoms with Crippen LogP contribution in [-0.2, 0) is 5.79 Å². The second kappa shape index (κ2) is 6.74. The molecule has 35 heavy (non-hydrogen) atoms. The maximum atomic E-state index is 6.80. The van der Waals surface area contributed by atoms with Crippen molar-refractivity contribution in [2.45, 2.75) is 5.79 Å². The molecule has 1 spiro atoms. The normalized spacial score (nSPS) is 17.6. The quantitative estimate of drug-likeness (QED) is 0.232. The largest absolute Gasteiger partial charge is 0.444 e. The van der Waals surface area contributed by atoms with Gasteiger partial charge in [-0.3, -0.25) is 0 Å². The van der Waals surface area contributed by atoms with Crippen LogP contribution in [0.25, 0.3) is 49.5 Å². The van der Waals surface area contributed by atoms with Gasteiger partial charge in [0.15, 0.2) is 0 Å². The Kier molecular flexibility index (Phi) is 3.62. The average Bonchev–Trinajstić information content (AvgIpc) is 2.92. The number of fused-ring (bicyclic) bond motifs is 11. The fourth-order valence-electron chi connectivity index (χ4n) is 5.77. The van der Waals surface area contributed by atoms with E-state index in [-0.39, 0.29) is 0 Å². The summed E-state index contributed by atoms with van der Waals surface area (Å²) in [5.74, 6) is 0.626. The Bertz CT molecular complexity index is 1860. The predicted octanol–water partition coefficient (Wildman–Crippen LogP) is 8.46. The molecule has 6 aromatic rings. The van der Waals surface area contributed by atoms with E-state index in [1.165, 1.54) is 37.9 Å². The van der Waals surface area contributed by atoms with E-state index in [1.54, 1.807) is 0 Å². The Morgan fingerprint density at radius 1 is 0.457 bits per heavy atom. The molecular weight excluding hydrogens is 428 g/mol. The van der Waals surface area contributed by atoms with Gasteiger partial charge in [0.1, 0.15) is 11.5 Å². The molecule has 0 saturated heterocycles. The van der Waals surface area contributed by atoms with Crippen molar-refractivity contribution < 1.29 is 9.47 Å². The first-order chi connectivity index (χ1) is 17.3. The lowest BCUT2D eigenvalue weighted by atomic mass is 9.83. The van der Waals surface area contributed by atoms with Crippen LogP contribution in [0.3, 0.4) is 0 Å². The minimum Gasteiger partial charge on any atom is -0.444 e. The molecule has 2 aliphatic rings. The Labute approximate surface area is 202 Å². The molecular formula is C33H20O2. The summed E-state index contributed by atoms with van der Waals surface area (Å²) in [6.45, 7) is 0. The molecule has 0 saturated carbocycles. The highest BCUT2D eigenvalue weighted by Crippen LogP contribution is 2.53. The van der Waals surface area contributed by atoms with E-state index in [9.17, 15) is 0 Å². The molecule has 2 heterocycles. The lowest BCUT2D eigenvalue weighted by Crippen LogP contribution is -2.41. The second-order valence-electron chi connectivity index (χ2n) is 9.27. The van der Waals surface area contributed by atoms with Crippen molar-refractivity contribution in [2.24, 2.45) is 0 Å². The summed E-state index contributed by atoms with van der Waals surface area (Å²) in [7, 11) is 0. The van der Waals surface area contributed by atoms with Crippen molar-refractivity contribution in [1.29, 1.82) is 0 Å². The number of rotatable bonds is 0. The number of hydrogen-bond acceptors (Lipinski definition) is 2. The first-order valence-electron chi connectivity index (χ1n) is 11.9. The van der Waals surface area contributed by atoms with Gasteiger partial charge in [-0.25, -0.2) is 0 Å². The summed E-state index contributed by atoms with van der Waals surface area (Å²) in [4.78, 5) is 0. The standard InChI is InChI=1S/C33H20O2/c1-4-10-24-21(7-1)14-17-29-27(24)19-20-33(34-29)28-16-13-22-8-2-5-11-25(22)31(28)32-26-12-6-3-9-23(26)15-18-30(32)35-33/h1-20H. The van der Waals surface area contributed by atoms with Crippen LogP contribution < -0.4 is 9.47 Å². The summed E-state index contributed by atoms with van der Waals surface area (Å²) in [5, 5.41) is 7.16. The molecule has 0 radical (unpaired) electrons. The highest BCUT2D eigenvalue weighted by atomic mass is 16.7. The Morgan fingerprint density at radius 3 is 1.74 bits per heavy atom. The zero-order valence-corrected chi connectivity index (χ0v) is 18.9. The smallest absolute Gasteiger partial charge is 0.299 e. The highest BCUT2D eigenvalue weighted by molar-refractivity contribution is 6.10. The van der Waals surface area contributed by atoms with Crippen molar-refractivity contribution in [2.75, 3.05) is 0 Å². The first-order valence-corrected chi connectivity index (χ1v) is 11.9.